The predicted octanol–water partition coefficient (Wildman–Crippen LogP) is 3.98. The number of anilines is 1. The van der Waals surface area contributed by atoms with Crippen molar-refractivity contribution in [3.05, 3.63) is 82.2 Å². The number of aromatic nitrogens is 1. The van der Waals surface area contributed by atoms with E-state index in [1.165, 1.54) is 11.0 Å². The third-order valence-electron chi connectivity index (χ3n) is 4.67. The Morgan fingerprint density at radius 3 is 2.36 bits per heavy atom. The summed E-state index contributed by atoms with van der Waals surface area (Å²) >= 11 is 0. The first-order valence-corrected chi connectivity index (χ1v) is 8.74. The van der Waals surface area contributed by atoms with Gasteiger partial charge in [-0.25, -0.2) is 0 Å². The number of hydrogen-bond donors (Lipinski definition) is 1. The molecule has 0 bridgehead atoms. The van der Waals surface area contributed by atoms with Crippen molar-refractivity contribution in [1.29, 1.82) is 0 Å². The van der Waals surface area contributed by atoms with E-state index in [1.54, 1.807) is 26.0 Å². The smallest absolute Gasteiger partial charge is 0.295 e. The van der Waals surface area contributed by atoms with Crippen LogP contribution in [0.3, 0.4) is 0 Å². The Morgan fingerprint density at radius 2 is 1.79 bits per heavy atom. The SMILES string of the molecule is Cc1ccc([C@H]2C(C(=O)c3ccc(C)o3)=C(O)C(=O)N2c2cc(C)on2)cc1. The normalized spacial score (nSPS) is 16.9. The van der Waals surface area contributed by atoms with Crippen molar-refractivity contribution in [2.24, 2.45) is 0 Å². The number of aliphatic hydroxyl groups is 1. The van der Waals surface area contributed by atoms with E-state index in [-0.39, 0.29) is 17.2 Å². The van der Waals surface area contributed by atoms with Crippen LogP contribution in [0.2, 0.25) is 0 Å². The van der Waals surface area contributed by atoms with Gasteiger partial charge in [-0.15, -0.1) is 0 Å². The molecule has 7 nitrogen and oxygen atoms in total. The first-order chi connectivity index (χ1) is 13.4. The van der Waals surface area contributed by atoms with Gasteiger partial charge in [0, 0.05) is 6.07 Å². The number of aryl methyl sites for hydroxylation is 3. The van der Waals surface area contributed by atoms with Gasteiger partial charge >= 0.3 is 0 Å². The standard InChI is InChI=1S/C21H18N2O5/c1-11-4-7-14(8-5-11)18-17(19(24)15-9-6-12(2)27-15)20(25)21(26)23(18)16-10-13(3)28-22-16/h4-10,18,25H,1-3H3/t18-/m0/s1. The lowest BCUT2D eigenvalue weighted by atomic mass is 9.94. The molecule has 1 aliphatic heterocycles. The number of carbonyl (C=O) groups excluding carboxylic acids is 2. The van der Waals surface area contributed by atoms with Gasteiger partial charge in [-0.1, -0.05) is 35.0 Å². The van der Waals surface area contributed by atoms with Gasteiger partial charge < -0.3 is 14.0 Å². The summed E-state index contributed by atoms with van der Waals surface area (Å²) in [6.07, 6.45) is 0. The predicted molar refractivity (Wildman–Crippen MR) is 100 cm³/mol. The second-order valence-electron chi connectivity index (χ2n) is 6.79. The monoisotopic (exact) mass is 378 g/mol. The fourth-order valence-corrected chi connectivity index (χ4v) is 3.29. The Morgan fingerprint density at radius 1 is 1.07 bits per heavy atom. The summed E-state index contributed by atoms with van der Waals surface area (Å²) in [5.74, 6) is -0.543. The lowest BCUT2D eigenvalue weighted by Gasteiger charge is -2.24. The fourth-order valence-electron chi connectivity index (χ4n) is 3.29. The maximum absolute atomic E-state index is 13.1. The number of hydrogen-bond acceptors (Lipinski definition) is 6. The van der Waals surface area contributed by atoms with Crippen LogP contribution < -0.4 is 4.90 Å². The van der Waals surface area contributed by atoms with E-state index in [0.717, 1.165) is 5.56 Å². The van der Waals surface area contributed by atoms with Gasteiger partial charge in [0.05, 0.1) is 11.6 Å². The van der Waals surface area contributed by atoms with Crippen LogP contribution in [0.5, 0.6) is 0 Å². The van der Waals surface area contributed by atoms with Gasteiger partial charge in [-0.3, -0.25) is 14.5 Å². The van der Waals surface area contributed by atoms with Crippen LogP contribution in [0.15, 0.2) is 62.7 Å². The van der Waals surface area contributed by atoms with Crippen molar-refractivity contribution in [1.82, 2.24) is 5.16 Å². The minimum Gasteiger partial charge on any atom is -0.503 e. The summed E-state index contributed by atoms with van der Waals surface area (Å²) in [6, 6.07) is 11.3. The van der Waals surface area contributed by atoms with Gasteiger partial charge in [0.25, 0.3) is 5.91 Å². The molecular formula is C21H18N2O5. The summed E-state index contributed by atoms with van der Waals surface area (Å²) in [4.78, 5) is 27.2. The van der Waals surface area contributed by atoms with E-state index >= 15 is 0 Å². The van der Waals surface area contributed by atoms with Crippen LogP contribution in [0.1, 0.15) is 39.2 Å². The number of aliphatic hydroxyl groups excluding tert-OH is 1. The van der Waals surface area contributed by atoms with E-state index in [0.29, 0.717) is 17.1 Å². The Kier molecular flexibility index (Phi) is 4.15. The third-order valence-corrected chi connectivity index (χ3v) is 4.67. The number of benzene rings is 1. The Hall–Kier alpha value is -3.61. The first kappa shape index (κ1) is 17.8. The average Bonchev–Trinajstić information content (AvgIpc) is 3.35. The topological polar surface area (TPSA) is 96.8 Å². The zero-order valence-corrected chi connectivity index (χ0v) is 15.6. The van der Waals surface area contributed by atoms with E-state index in [1.807, 2.05) is 31.2 Å². The maximum atomic E-state index is 13.1. The lowest BCUT2D eigenvalue weighted by Crippen LogP contribution is -2.31. The molecular weight excluding hydrogens is 360 g/mol. The largest absolute Gasteiger partial charge is 0.503 e. The molecule has 0 saturated heterocycles. The van der Waals surface area contributed by atoms with E-state index in [4.69, 9.17) is 8.94 Å². The molecule has 0 spiro atoms. The van der Waals surface area contributed by atoms with E-state index < -0.39 is 23.5 Å². The summed E-state index contributed by atoms with van der Waals surface area (Å²) < 4.78 is 10.5. The lowest BCUT2D eigenvalue weighted by molar-refractivity contribution is -0.117. The van der Waals surface area contributed by atoms with Crippen molar-refractivity contribution in [2.75, 3.05) is 4.90 Å². The number of ketones is 1. The fraction of sp³-hybridized carbons (Fsp3) is 0.190. The number of rotatable bonds is 4. The van der Waals surface area contributed by atoms with Gasteiger partial charge in [-0.05, 0) is 38.5 Å². The quantitative estimate of drug-likeness (QED) is 0.690. The average molecular weight is 378 g/mol. The Bertz CT molecular complexity index is 1100. The second-order valence-corrected chi connectivity index (χ2v) is 6.79. The van der Waals surface area contributed by atoms with Gasteiger partial charge in [0.1, 0.15) is 11.5 Å². The second kappa shape index (κ2) is 6.53. The highest BCUT2D eigenvalue weighted by atomic mass is 16.5. The maximum Gasteiger partial charge on any atom is 0.295 e. The van der Waals surface area contributed by atoms with Crippen LogP contribution in [0.4, 0.5) is 5.82 Å². The molecule has 2 aromatic heterocycles. The van der Waals surface area contributed by atoms with Gasteiger partial charge in [0.15, 0.2) is 17.3 Å². The summed E-state index contributed by atoms with van der Waals surface area (Å²) in [5.41, 5.74) is 1.64. The molecule has 0 fully saturated rings. The minimum absolute atomic E-state index is 0.0520. The van der Waals surface area contributed by atoms with Gasteiger partial charge in [-0.2, -0.15) is 0 Å². The molecule has 28 heavy (non-hydrogen) atoms. The summed E-state index contributed by atoms with van der Waals surface area (Å²) in [5, 5.41) is 14.5. The van der Waals surface area contributed by atoms with Crippen molar-refractivity contribution < 1.29 is 23.6 Å². The molecule has 0 aliphatic carbocycles. The molecule has 7 heteroatoms. The molecule has 3 aromatic rings. The van der Waals surface area contributed by atoms with Crippen LogP contribution in [0.25, 0.3) is 0 Å². The molecule has 0 unspecified atom stereocenters. The zero-order valence-electron chi connectivity index (χ0n) is 15.6. The molecule has 1 aromatic carbocycles. The van der Waals surface area contributed by atoms with Crippen LogP contribution in [-0.2, 0) is 4.79 Å². The zero-order chi connectivity index (χ0) is 20.0. The highest BCUT2D eigenvalue weighted by Gasteiger charge is 2.46. The molecule has 1 atom stereocenters. The van der Waals surface area contributed by atoms with Gasteiger partial charge in [0.2, 0.25) is 5.78 Å². The van der Waals surface area contributed by atoms with Crippen LogP contribution in [-0.4, -0.2) is 22.0 Å². The summed E-state index contributed by atoms with van der Waals surface area (Å²) in [7, 11) is 0. The van der Waals surface area contributed by atoms with Crippen molar-refractivity contribution in [3.63, 3.8) is 0 Å². The molecule has 3 heterocycles. The Balaban J connectivity index is 1.87. The summed E-state index contributed by atoms with van der Waals surface area (Å²) in [6.45, 7) is 5.35. The van der Waals surface area contributed by atoms with Crippen molar-refractivity contribution >= 4 is 17.5 Å². The number of amides is 1. The third kappa shape index (κ3) is 2.81. The number of nitrogens with zero attached hydrogens (tertiary/aromatic N) is 2. The molecule has 142 valence electrons. The van der Waals surface area contributed by atoms with Crippen LogP contribution >= 0.6 is 0 Å². The molecule has 1 amide bonds. The highest BCUT2D eigenvalue weighted by Crippen LogP contribution is 2.41. The number of furan rings is 1. The highest BCUT2D eigenvalue weighted by molar-refractivity contribution is 6.19. The minimum atomic E-state index is -0.851. The number of carbonyl (C=O) groups is 2. The van der Waals surface area contributed by atoms with E-state index in [2.05, 4.69) is 5.16 Å². The first-order valence-electron chi connectivity index (χ1n) is 8.74. The molecule has 1 N–H and O–H groups in total. The van der Waals surface area contributed by atoms with Crippen LogP contribution in [0, 0.1) is 20.8 Å². The molecule has 0 radical (unpaired) electrons. The van der Waals surface area contributed by atoms with Crippen molar-refractivity contribution in [2.45, 2.75) is 26.8 Å². The Labute approximate surface area is 160 Å². The van der Waals surface area contributed by atoms with Crippen molar-refractivity contribution in [3.8, 4) is 0 Å². The molecule has 4 rings (SSSR count). The number of Topliss-reactive ketones (excluding diaryl/α,β-unsaturated/α-hetero) is 1. The molecule has 1 aliphatic rings. The molecule has 0 saturated carbocycles. The van der Waals surface area contributed by atoms with E-state index in [9.17, 15) is 14.7 Å².